The number of aromatic nitrogens is 2. The third-order valence-corrected chi connectivity index (χ3v) is 6.07. The van der Waals surface area contributed by atoms with Crippen LogP contribution in [0, 0.1) is 5.82 Å². The highest BCUT2D eigenvalue weighted by Crippen LogP contribution is 2.42. The van der Waals surface area contributed by atoms with Gasteiger partial charge in [-0.05, 0) is 38.3 Å². The van der Waals surface area contributed by atoms with Gasteiger partial charge in [-0.25, -0.2) is 4.39 Å². The van der Waals surface area contributed by atoms with Crippen LogP contribution in [0.4, 0.5) is 9.52 Å². The summed E-state index contributed by atoms with van der Waals surface area (Å²) < 4.78 is 20.3. The van der Waals surface area contributed by atoms with Gasteiger partial charge >= 0.3 is 0 Å². The topological polar surface area (TPSA) is 38.2 Å². The first-order valence-electron chi connectivity index (χ1n) is 8.96. The average molecular weight is 361 g/mol. The van der Waals surface area contributed by atoms with E-state index in [1.165, 1.54) is 18.9 Å². The van der Waals surface area contributed by atoms with Gasteiger partial charge in [0.25, 0.3) is 0 Å². The van der Waals surface area contributed by atoms with Crippen molar-refractivity contribution in [1.82, 2.24) is 10.2 Å². The van der Waals surface area contributed by atoms with Crippen LogP contribution in [0.5, 0.6) is 0 Å². The van der Waals surface area contributed by atoms with E-state index in [1.54, 1.807) is 17.4 Å². The lowest BCUT2D eigenvalue weighted by molar-refractivity contribution is -0.148. The highest BCUT2D eigenvalue weighted by molar-refractivity contribution is 7.15. The first-order chi connectivity index (χ1) is 11.9. The van der Waals surface area contributed by atoms with Gasteiger partial charge in [-0.2, -0.15) is 0 Å². The van der Waals surface area contributed by atoms with E-state index < -0.39 is 0 Å². The minimum atomic E-state index is -0.194. The van der Waals surface area contributed by atoms with Crippen molar-refractivity contribution in [2.24, 2.45) is 0 Å². The summed E-state index contributed by atoms with van der Waals surface area (Å²) in [6, 6.07) is 6.86. The zero-order chi connectivity index (χ0) is 17.5. The Morgan fingerprint density at radius 3 is 2.68 bits per heavy atom. The molecule has 0 radical (unpaired) electrons. The van der Waals surface area contributed by atoms with Crippen LogP contribution in [0.3, 0.4) is 0 Å². The van der Waals surface area contributed by atoms with E-state index in [9.17, 15) is 4.39 Å². The Hall–Kier alpha value is -1.53. The van der Waals surface area contributed by atoms with Gasteiger partial charge < -0.3 is 9.64 Å². The SMILES string of the molecule is CC1(C)CN(c2nnc(Cc3ccccc3F)s2)CC2(CCCC2)O1. The molecule has 0 N–H and O–H groups in total. The number of ether oxygens (including phenoxy) is 1. The maximum absolute atomic E-state index is 13.9. The van der Waals surface area contributed by atoms with Gasteiger partial charge in [0.2, 0.25) is 5.13 Å². The molecule has 1 spiro atoms. The predicted molar refractivity (Wildman–Crippen MR) is 97.7 cm³/mol. The summed E-state index contributed by atoms with van der Waals surface area (Å²) >= 11 is 1.57. The van der Waals surface area contributed by atoms with Crippen LogP contribution in [0.2, 0.25) is 0 Å². The van der Waals surface area contributed by atoms with Crippen molar-refractivity contribution in [2.45, 2.75) is 57.2 Å². The Bertz CT molecular complexity index is 755. The predicted octanol–water partition coefficient (Wildman–Crippen LogP) is 4.20. The number of nitrogens with zero attached hydrogens (tertiary/aromatic N) is 3. The molecule has 2 heterocycles. The zero-order valence-electron chi connectivity index (χ0n) is 14.8. The summed E-state index contributed by atoms with van der Waals surface area (Å²) in [5, 5.41) is 10.5. The van der Waals surface area contributed by atoms with Crippen molar-refractivity contribution in [3.05, 3.63) is 40.7 Å². The average Bonchev–Trinajstić information content (AvgIpc) is 3.18. The Morgan fingerprint density at radius 1 is 1.16 bits per heavy atom. The number of benzene rings is 1. The van der Waals surface area contributed by atoms with Gasteiger partial charge in [0.1, 0.15) is 10.8 Å². The molecular formula is C19H24FN3OS. The monoisotopic (exact) mass is 361 g/mol. The summed E-state index contributed by atoms with van der Waals surface area (Å²) in [5.41, 5.74) is 0.429. The summed E-state index contributed by atoms with van der Waals surface area (Å²) in [7, 11) is 0. The molecule has 6 heteroatoms. The maximum atomic E-state index is 13.9. The van der Waals surface area contributed by atoms with Crippen molar-refractivity contribution >= 4 is 16.5 Å². The second-order valence-electron chi connectivity index (χ2n) is 7.85. The van der Waals surface area contributed by atoms with E-state index in [2.05, 4.69) is 28.9 Å². The molecule has 1 aromatic carbocycles. The molecule has 0 atom stereocenters. The molecular weight excluding hydrogens is 337 g/mol. The van der Waals surface area contributed by atoms with Crippen LogP contribution in [-0.4, -0.2) is 34.5 Å². The molecule has 2 aliphatic rings. The standard InChI is InChI=1S/C19H24FN3OS/c1-18(2)12-23(13-19(24-18)9-5-6-10-19)17-22-21-16(25-17)11-14-7-3-4-8-15(14)20/h3-4,7-8H,5-6,9-13H2,1-2H3. The number of rotatable bonds is 3. The Kier molecular flexibility index (Phi) is 4.28. The fraction of sp³-hybridized carbons (Fsp3) is 0.579. The maximum Gasteiger partial charge on any atom is 0.208 e. The van der Waals surface area contributed by atoms with Gasteiger partial charge in [-0.3, -0.25) is 0 Å². The van der Waals surface area contributed by atoms with E-state index in [0.29, 0.717) is 12.0 Å². The number of hydrogen-bond donors (Lipinski definition) is 0. The van der Waals surface area contributed by atoms with Crippen LogP contribution < -0.4 is 4.90 Å². The molecule has 1 aromatic heterocycles. The molecule has 134 valence electrons. The third-order valence-electron chi connectivity index (χ3n) is 5.08. The Labute approximate surface area is 152 Å². The fourth-order valence-electron chi connectivity index (χ4n) is 4.18. The number of hydrogen-bond acceptors (Lipinski definition) is 5. The highest BCUT2D eigenvalue weighted by atomic mass is 32.1. The number of halogens is 1. The third kappa shape index (κ3) is 3.55. The molecule has 1 aliphatic carbocycles. The molecule has 4 rings (SSSR count). The molecule has 0 amide bonds. The van der Waals surface area contributed by atoms with Crippen molar-refractivity contribution < 1.29 is 9.13 Å². The fourth-order valence-corrected chi connectivity index (χ4v) is 5.04. The summed E-state index contributed by atoms with van der Waals surface area (Å²) in [6.45, 7) is 5.99. The van der Waals surface area contributed by atoms with E-state index >= 15 is 0 Å². The largest absolute Gasteiger partial charge is 0.365 e. The highest BCUT2D eigenvalue weighted by Gasteiger charge is 2.46. The van der Waals surface area contributed by atoms with Gasteiger partial charge in [0.05, 0.1) is 11.2 Å². The van der Waals surface area contributed by atoms with Crippen molar-refractivity contribution in [3.63, 3.8) is 0 Å². The first kappa shape index (κ1) is 16.9. The van der Waals surface area contributed by atoms with E-state index in [-0.39, 0.29) is 17.0 Å². The van der Waals surface area contributed by atoms with E-state index in [0.717, 1.165) is 36.1 Å². The van der Waals surface area contributed by atoms with E-state index in [1.807, 2.05) is 12.1 Å². The molecule has 1 saturated carbocycles. The Morgan fingerprint density at radius 2 is 1.92 bits per heavy atom. The molecule has 2 fully saturated rings. The van der Waals surface area contributed by atoms with Crippen molar-refractivity contribution in [2.75, 3.05) is 18.0 Å². The lowest BCUT2D eigenvalue weighted by atomic mass is 9.94. The van der Waals surface area contributed by atoms with Crippen LogP contribution in [0.1, 0.15) is 50.1 Å². The lowest BCUT2D eigenvalue weighted by Crippen LogP contribution is -2.58. The molecule has 1 saturated heterocycles. The second kappa shape index (κ2) is 6.32. The smallest absolute Gasteiger partial charge is 0.208 e. The van der Waals surface area contributed by atoms with Crippen LogP contribution >= 0.6 is 11.3 Å². The van der Waals surface area contributed by atoms with Crippen molar-refractivity contribution in [1.29, 1.82) is 0 Å². The summed E-state index contributed by atoms with van der Waals surface area (Å²) in [5.74, 6) is -0.184. The molecule has 25 heavy (non-hydrogen) atoms. The number of anilines is 1. The van der Waals surface area contributed by atoms with Gasteiger partial charge in [-0.1, -0.05) is 42.4 Å². The quantitative estimate of drug-likeness (QED) is 0.821. The van der Waals surface area contributed by atoms with Crippen LogP contribution in [0.25, 0.3) is 0 Å². The molecule has 0 unspecified atom stereocenters. The molecule has 0 bridgehead atoms. The minimum absolute atomic E-state index is 0.0425. The van der Waals surface area contributed by atoms with Crippen LogP contribution in [-0.2, 0) is 11.2 Å². The molecule has 1 aliphatic heterocycles. The molecule has 4 nitrogen and oxygen atoms in total. The van der Waals surface area contributed by atoms with Gasteiger partial charge in [0.15, 0.2) is 0 Å². The Balaban J connectivity index is 1.54. The lowest BCUT2D eigenvalue weighted by Gasteiger charge is -2.48. The van der Waals surface area contributed by atoms with Crippen molar-refractivity contribution in [3.8, 4) is 0 Å². The number of morpholine rings is 1. The van der Waals surface area contributed by atoms with Gasteiger partial charge in [-0.15, -0.1) is 10.2 Å². The first-order valence-corrected chi connectivity index (χ1v) is 9.77. The summed E-state index contributed by atoms with van der Waals surface area (Å²) in [4.78, 5) is 2.32. The summed E-state index contributed by atoms with van der Waals surface area (Å²) in [6.07, 6.45) is 5.20. The normalized spacial score (nSPS) is 21.8. The van der Waals surface area contributed by atoms with Gasteiger partial charge in [0, 0.05) is 19.5 Å². The second-order valence-corrected chi connectivity index (χ2v) is 8.90. The van der Waals surface area contributed by atoms with Crippen LogP contribution in [0.15, 0.2) is 24.3 Å². The zero-order valence-corrected chi connectivity index (χ0v) is 15.6. The minimum Gasteiger partial charge on any atom is -0.365 e. The van der Waals surface area contributed by atoms with E-state index in [4.69, 9.17) is 4.74 Å². The molecule has 2 aromatic rings.